The van der Waals surface area contributed by atoms with Crippen molar-refractivity contribution in [3.8, 4) is 0 Å². The van der Waals surface area contributed by atoms with Gasteiger partial charge in [0.25, 0.3) is 0 Å². The minimum Gasteiger partial charge on any atom is -0.390 e. The molecule has 0 unspecified atom stereocenters. The quantitative estimate of drug-likeness (QED) is 0.405. The van der Waals surface area contributed by atoms with Crippen LogP contribution in [0.5, 0.6) is 0 Å². The zero-order valence-corrected chi connectivity index (χ0v) is 10.1. The monoisotopic (exact) mass is 226 g/mol. The van der Waals surface area contributed by atoms with Gasteiger partial charge in [-0.2, -0.15) is 0 Å². The molecule has 0 rings (SSSR count). The topological polar surface area (TPSA) is 87.8 Å². The number of hydrogen-bond acceptors (Lipinski definition) is 3. The number of carbonyl (C=O) groups excluding carboxylic acids is 2. The number of nitrogens with two attached hydrogens (primary N) is 1. The molecule has 90 valence electrons. The lowest BCUT2D eigenvalue weighted by Crippen LogP contribution is -2.38. The second-order valence-corrected chi connectivity index (χ2v) is 3.32. The third-order valence-corrected chi connectivity index (χ3v) is 2.17. The molecule has 0 radical (unpaired) electrons. The Balaban J connectivity index is 4.59. The number of Topliss-reactive ketones (excluding diaryl/α,β-unsaturated/α-hetero) is 1. The van der Waals surface area contributed by atoms with E-state index in [4.69, 9.17) is 5.73 Å². The largest absolute Gasteiger partial charge is 0.390 e. The van der Waals surface area contributed by atoms with Gasteiger partial charge in [-0.15, -0.1) is 0 Å². The standard InChI is InChI=1S/C10H18N4O2/c1-7(8(2)13-6-11)9(15)5-14(4)10(16)12-3/h6H,5H2,1-4H3,(H2,11,13)(H,12,16)/b8-7+. The number of ketones is 1. The zero-order chi connectivity index (χ0) is 12.7. The van der Waals surface area contributed by atoms with Crippen LogP contribution in [0.4, 0.5) is 4.79 Å². The molecule has 0 aromatic heterocycles. The summed E-state index contributed by atoms with van der Waals surface area (Å²) in [5.41, 5.74) is 6.18. The molecule has 0 aliphatic carbocycles. The molecular weight excluding hydrogens is 208 g/mol. The maximum absolute atomic E-state index is 11.7. The van der Waals surface area contributed by atoms with Crippen molar-refractivity contribution in [1.82, 2.24) is 10.2 Å². The van der Waals surface area contributed by atoms with Gasteiger partial charge in [0.1, 0.15) is 0 Å². The Bertz CT molecular complexity index is 334. The number of hydrogen-bond donors (Lipinski definition) is 2. The van der Waals surface area contributed by atoms with E-state index in [0.29, 0.717) is 11.3 Å². The molecule has 0 spiro atoms. The van der Waals surface area contributed by atoms with E-state index in [1.807, 2.05) is 0 Å². The van der Waals surface area contributed by atoms with Crippen molar-refractivity contribution < 1.29 is 9.59 Å². The number of rotatable bonds is 4. The predicted octanol–water partition coefficient (Wildman–Crippen LogP) is 0.108. The molecule has 16 heavy (non-hydrogen) atoms. The van der Waals surface area contributed by atoms with Crippen LogP contribution in [0.3, 0.4) is 0 Å². The molecule has 0 heterocycles. The van der Waals surface area contributed by atoms with Crippen LogP contribution in [0.25, 0.3) is 0 Å². The summed E-state index contributed by atoms with van der Waals surface area (Å²) in [5, 5.41) is 2.43. The highest BCUT2D eigenvalue weighted by Crippen LogP contribution is 2.06. The summed E-state index contributed by atoms with van der Waals surface area (Å²) >= 11 is 0. The Labute approximate surface area is 95.2 Å². The first-order valence-electron chi connectivity index (χ1n) is 4.81. The van der Waals surface area contributed by atoms with E-state index in [9.17, 15) is 9.59 Å². The van der Waals surface area contributed by atoms with Crippen molar-refractivity contribution in [2.75, 3.05) is 20.6 Å². The second kappa shape index (κ2) is 6.60. The molecule has 6 heteroatoms. The summed E-state index contributed by atoms with van der Waals surface area (Å²) in [5.74, 6) is -0.158. The Morgan fingerprint density at radius 2 is 2.00 bits per heavy atom. The number of nitrogens with zero attached hydrogens (tertiary/aromatic N) is 2. The first kappa shape index (κ1) is 14.2. The van der Waals surface area contributed by atoms with E-state index in [2.05, 4.69) is 10.3 Å². The zero-order valence-electron chi connectivity index (χ0n) is 10.1. The van der Waals surface area contributed by atoms with Gasteiger partial charge in [-0.25, -0.2) is 9.79 Å². The third kappa shape index (κ3) is 4.12. The van der Waals surface area contributed by atoms with E-state index >= 15 is 0 Å². The molecule has 0 bridgehead atoms. The van der Waals surface area contributed by atoms with Crippen LogP contribution in [0.2, 0.25) is 0 Å². The summed E-state index contributed by atoms with van der Waals surface area (Å²) in [4.78, 5) is 28.0. The normalized spacial score (nSPS) is 12.2. The molecule has 6 nitrogen and oxygen atoms in total. The number of likely N-dealkylation sites (N-methyl/N-ethyl adjacent to an activating group) is 1. The summed E-state index contributed by atoms with van der Waals surface area (Å²) in [7, 11) is 3.06. The molecule has 0 aliphatic heterocycles. The van der Waals surface area contributed by atoms with Crippen LogP contribution in [0.15, 0.2) is 16.3 Å². The molecule has 2 amide bonds. The first-order valence-corrected chi connectivity index (χ1v) is 4.81. The van der Waals surface area contributed by atoms with Gasteiger partial charge in [0.2, 0.25) is 0 Å². The van der Waals surface area contributed by atoms with Gasteiger partial charge in [-0.1, -0.05) is 0 Å². The van der Waals surface area contributed by atoms with E-state index in [0.717, 1.165) is 6.34 Å². The van der Waals surface area contributed by atoms with Crippen LogP contribution in [-0.4, -0.2) is 43.7 Å². The maximum Gasteiger partial charge on any atom is 0.317 e. The Morgan fingerprint density at radius 3 is 2.44 bits per heavy atom. The Morgan fingerprint density at radius 1 is 1.44 bits per heavy atom. The maximum atomic E-state index is 11.7. The summed E-state index contributed by atoms with van der Waals surface area (Å²) < 4.78 is 0. The van der Waals surface area contributed by atoms with Crippen LogP contribution in [0, 0.1) is 0 Å². The average molecular weight is 226 g/mol. The van der Waals surface area contributed by atoms with Gasteiger partial charge in [0.15, 0.2) is 5.78 Å². The number of aliphatic imine (C=N–C) groups is 1. The summed E-state index contributed by atoms with van der Waals surface area (Å²) in [6.45, 7) is 3.36. The lowest BCUT2D eigenvalue weighted by molar-refractivity contribution is -0.115. The molecule has 0 atom stereocenters. The smallest absolute Gasteiger partial charge is 0.317 e. The number of amides is 2. The fraction of sp³-hybridized carbons (Fsp3) is 0.500. The lowest BCUT2D eigenvalue weighted by Gasteiger charge is -2.15. The molecule has 0 fully saturated rings. The molecule has 3 N–H and O–H groups in total. The highest BCUT2D eigenvalue weighted by atomic mass is 16.2. The van der Waals surface area contributed by atoms with Crippen molar-refractivity contribution in [2.24, 2.45) is 10.7 Å². The van der Waals surface area contributed by atoms with E-state index < -0.39 is 0 Å². The van der Waals surface area contributed by atoms with Crippen LogP contribution in [-0.2, 0) is 4.79 Å². The number of carbonyl (C=O) groups is 2. The van der Waals surface area contributed by atoms with Gasteiger partial charge in [0, 0.05) is 25.4 Å². The van der Waals surface area contributed by atoms with Crippen molar-refractivity contribution in [3.63, 3.8) is 0 Å². The van der Waals surface area contributed by atoms with Crippen LogP contribution in [0.1, 0.15) is 13.8 Å². The van der Waals surface area contributed by atoms with Gasteiger partial charge in [-0.3, -0.25) is 4.79 Å². The predicted molar refractivity (Wildman–Crippen MR) is 63.1 cm³/mol. The highest BCUT2D eigenvalue weighted by Gasteiger charge is 2.13. The minimum absolute atomic E-state index is 0.0168. The molecule has 0 aliphatic rings. The van der Waals surface area contributed by atoms with Gasteiger partial charge >= 0.3 is 6.03 Å². The number of nitrogens with one attached hydrogen (secondary N) is 1. The lowest BCUT2D eigenvalue weighted by atomic mass is 10.1. The van der Waals surface area contributed by atoms with E-state index in [1.54, 1.807) is 20.9 Å². The van der Waals surface area contributed by atoms with Crippen molar-refractivity contribution in [2.45, 2.75) is 13.8 Å². The number of allylic oxidation sites excluding steroid dienone is 1. The van der Waals surface area contributed by atoms with Crippen molar-refractivity contribution >= 4 is 18.2 Å². The third-order valence-electron chi connectivity index (χ3n) is 2.17. The van der Waals surface area contributed by atoms with E-state index in [1.165, 1.54) is 11.9 Å². The molecule has 0 saturated carbocycles. The second-order valence-electron chi connectivity index (χ2n) is 3.32. The first-order chi connectivity index (χ1) is 7.43. The Kier molecular flexibility index (Phi) is 5.84. The highest BCUT2D eigenvalue weighted by molar-refractivity contribution is 5.98. The molecule has 0 aromatic carbocycles. The van der Waals surface area contributed by atoms with Gasteiger partial charge < -0.3 is 16.0 Å². The van der Waals surface area contributed by atoms with E-state index in [-0.39, 0.29) is 18.4 Å². The fourth-order valence-electron chi connectivity index (χ4n) is 1.01. The summed E-state index contributed by atoms with van der Waals surface area (Å²) in [6, 6.07) is -0.305. The average Bonchev–Trinajstić information content (AvgIpc) is 2.26. The van der Waals surface area contributed by atoms with Gasteiger partial charge in [-0.05, 0) is 13.8 Å². The van der Waals surface area contributed by atoms with Crippen molar-refractivity contribution in [3.05, 3.63) is 11.3 Å². The molecule has 0 saturated heterocycles. The number of urea groups is 1. The SMILES string of the molecule is CNC(=O)N(C)CC(=O)/C(C)=C(C)/N=C\N. The van der Waals surface area contributed by atoms with Crippen molar-refractivity contribution in [1.29, 1.82) is 0 Å². The van der Waals surface area contributed by atoms with Crippen LogP contribution < -0.4 is 11.1 Å². The molecular formula is C10H18N4O2. The Hall–Kier alpha value is -1.85. The summed E-state index contributed by atoms with van der Waals surface area (Å²) in [6.07, 6.45) is 1.13. The van der Waals surface area contributed by atoms with Crippen LogP contribution >= 0.6 is 0 Å². The molecule has 0 aromatic rings. The minimum atomic E-state index is -0.305. The van der Waals surface area contributed by atoms with Gasteiger partial charge in [0.05, 0.1) is 12.9 Å². The fourth-order valence-corrected chi connectivity index (χ4v) is 1.01.